The minimum atomic E-state index is -3.96. The van der Waals surface area contributed by atoms with E-state index in [0.29, 0.717) is 25.7 Å². The van der Waals surface area contributed by atoms with Crippen LogP contribution in [0.3, 0.4) is 0 Å². The summed E-state index contributed by atoms with van der Waals surface area (Å²) < 4.78 is 44.6. The topological polar surface area (TPSA) is 109 Å². The van der Waals surface area contributed by atoms with Crippen molar-refractivity contribution in [3.63, 3.8) is 0 Å². The van der Waals surface area contributed by atoms with Crippen LogP contribution in [-0.2, 0) is 26.0 Å². The minimum Gasteiger partial charge on any atom is -0.381 e. The summed E-state index contributed by atoms with van der Waals surface area (Å²) in [6, 6.07) is 3.89. The number of sulfonamides is 1. The van der Waals surface area contributed by atoms with Gasteiger partial charge in [0.2, 0.25) is 10.0 Å². The monoisotopic (exact) mass is 443 g/mol. The molecule has 2 N–H and O–H groups in total. The van der Waals surface area contributed by atoms with Crippen molar-refractivity contribution < 1.29 is 27.5 Å². The van der Waals surface area contributed by atoms with E-state index in [0.717, 1.165) is 11.3 Å². The number of carbonyl (C=O) groups is 1. The highest BCUT2D eigenvalue weighted by molar-refractivity contribution is 7.91. The molecule has 2 saturated heterocycles. The number of piperidine rings is 1. The summed E-state index contributed by atoms with van der Waals surface area (Å²) in [6.45, 7) is 2.42. The van der Waals surface area contributed by atoms with Crippen molar-refractivity contribution in [1.82, 2.24) is 14.8 Å². The first-order valence-corrected chi connectivity index (χ1v) is 11.8. The summed E-state index contributed by atoms with van der Waals surface area (Å²) in [5, 5.41) is 9.14. The molecule has 2 aliphatic heterocycles. The molecule has 3 heterocycles. The zero-order valence-corrected chi connectivity index (χ0v) is 18.0. The highest BCUT2D eigenvalue weighted by atomic mass is 32.2. The van der Waals surface area contributed by atoms with Gasteiger partial charge in [-0.2, -0.15) is 0 Å². The maximum Gasteiger partial charge on any atom is 0.266 e. The predicted octanol–water partition coefficient (Wildman–Crippen LogP) is 1.94. The first kappa shape index (κ1) is 23.1. The van der Waals surface area contributed by atoms with E-state index in [4.69, 9.17) is 9.94 Å². The number of pyridine rings is 1. The lowest BCUT2D eigenvalue weighted by Crippen LogP contribution is -2.60. The van der Waals surface area contributed by atoms with Gasteiger partial charge in [0.05, 0.1) is 6.17 Å². The molecule has 30 heavy (non-hydrogen) atoms. The van der Waals surface area contributed by atoms with E-state index < -0.39 is 26.8 Å². The molecular formula is C20H30FN3O5S. The summed E-state index contributed by atoms with van der Waals surface area (Å²) in [5.41, 5.74) is 3.43. The van der Waals surface area contributed by atoms with Crippen LogP contribution in [0, 0.1) is 0 Å². The van der Waals surface area contributed by atoms with Crippen LogP contribution in [0.4, 0.5) is 4.39 Å². The quantitative estimate of drug-likeness (QED) is 0.492. The third kappa shape index (κ3) is 4.66. The van der Waals surface area contributed by atoms with Gasteiger partial charge in [0.15, 0.2) is 4.75 Å². The summed E-state index contributed by atoms with van der Waals surface area (Å²) in [6.07, 6.45) is 3.25. The molecular weight excluding hydrogens is 413 g/mol. The average molecular weight is 444 g/mol. The molecule has 8 nitrogen and oxygen atoms in total. The maximum absolute atomic E-state index is 13.3. The molecule has 1 amide bonds. The molecule has 0 bridgehead atoms. The summed E-state index contributed by atoms with van der Waals surface area (Å²) in [7, 11) is -3.96. The number of ether oxygens (including phenoxy) is 1. The smallest absolute Gasteiger partial charge is 0.266 e. The Morgan fingerprint density at radius 1 is 1.37 bits per heavy atom. The number of alkyl halides is 1. The minimum absolute atomic E-state index is 0.0160. The van der Waals surface area contributed by atoms with Crippen LogP contribution in [-0.4, -0.2) is 66.0 Å². The van der Waals surface area contributed by atoms with E-state index in [1.165, 1.54) is 11.2 Å². The van der Waals surface area contributed by atoms with Crippen molar-refractivity contribution in [2.45, 2.75) is 62.3 Å². The summed E-state index contributed by atoms with van der Waals surface area (Å²) in [5.74, 6) is -0.768. The highest BCUT2D eigenvalue weighted by Crippen LogP contribution is 2.36. The molecule has 0 aliphatic carbocycles. The van der Waals surface area contributed by atoms with Crippen LogP contribution < -0.4 is 5.48 Å². The Labute approximate surface area is 176 Å². The largest absolute Gasteiger partial charge is 0.381 e. The number of hydrogen-bond acceptors (Lipinski definition) is 6. The second-order valence-electron chi connectivity index (χ2n) is 8.14. The van der Waals surface area contributed by atoms with Crippen molar-refractivity contribution in [2.24, 2.45) is 0 Å². The highest BCUT2D eigenvalue weighted by Gasteiger charge is 2.54. The van der Waals surface area contributed by atoms with Crippen molar-refractivity contribution in [2.75, 3.05) is 26.3 Å². The Balaban J connectivity index is 1.66. The van der Waals surface area contributed by atoms with E-state index in [1.54, 1.807) is 11.7 Å². The maximum atomic E-state index is 13.3. The average Bonchev–Trinajstić information content (AvgIpc) is 2.78. The number of nitrogens with zero attached hydrogens (tertiary/aromatic N) is 2. The second kappa shape index (κ2) is 9.67. The molecule has 0 saturated carbocycles. The molecule has 1 aromatic heterocycles. The lowest BCUT2D eigenvalue weighted by Gasteiger charge is -2.40. The number of carbonyl (C=O) groups excluding carboxylic acids is 1. The number of aryl methyl sites for hydroxylation is 1. The number of hydroxylamine groups is 1. The number of aromatic nitrogens is 1. The van der Waals surface area contributed by atoms with Crippen molar-refractivity contribution >= 4 is 15.9 Å². The van der Waals surface area contributed by atoms with Crippen LogP contribution in [0.1, 0.15) is 56.2 Å². The van der Waals surface area contributed by atoms with E-state index in [9.17, 15) is 17.6 Å². The summed E-state index contributed by atoms with van der Waals surface area (Å²) >= 11 is 0. The third-order valence-corrected chi connectivity index (χ3v) is 8.83. The lowest BCUT2D eigenvalue weighted by molar-refractivity contribution is -0.134. The van der Waals surface area contributed by atoms with Crippen LogP contribution in [0.25, 0.3) is 0 Å². The first-order valence-electron chi connectivity index (χ1n) is 10.4. The fraction of sp³-hybridized carbons (Fsp3) is 0.700. The van der Waals surface area contributed by atoms with Crippen LogP contribution in [0.2, 0.25) is 0 Å². The third-order valence-electron chi connectivity index (χ3n) is 6.20. The number of rotatable bonds is 7. The molecule has 0 aromatic carbocycles. The number of hydrogen-bond donors (Lipinski definition) is 2. The van der Waals surface area contributed by atoms with Gasteiger partial charge < -0.3 is 4.74 Å². The molecule has 10 heteroatoms. The number of amides is 1. The van der Waals surface area contributed by atoms with Gasteiger partial charge in [0.1, 0.15) is 0 Å². The van der Waals surface area contributed by atoms with Gasteiger partial charge in [-0.1, -0.05) is 6.07 Å². The molecule has 0 radical (unpaired) electrons. The van der Waals surface area contributed by atoms with E-state index >= 15 is 0 Å². The van der Waals surface area contributed by atoms with Crippen molar-refractivity contribution in [3.8, 4) is 0 Å². The van der Waals surface area contributed by atoms with Crippen molar-refractivity contribution in [1.29, 1.82) is 0 Å². The second-order valence-corrected chi connectivity index (χ2v) is 10.4. The zero-order chi connectivity index (χ0) is 21.8. The summed E-state index contributed by atoms with van der Waals surface area (Å²) in [4.78, 5) is 16.8. The molecule has 0 spiro atoms. The fourth-order valence-corrected chi connectivity index (χ4v) is 6.38. The molecule has 168 valence electrons. The van der Waals surface area contributed by atoms with Gasteiger partial charge in [-0.15, -0.1) is 0 Å². The van der Waals surface area contributed by atoms with Crippen molar-refractivity contribution in [3.05, 3.63) is 29.6 Å². The predicted molar refractivity (Wildman–Crippen MR) is 108 cm³/mol. The molecule has 3 rings (SSSR count). The van der Waals surface area contributed by atoms with Gasteiger partial charge >= 0.3 is 0 Å². The van der Waals surface area contributed by atoms with Gasteiger partial charge in [-0.25, -0.2) is 22.6 Å². The Kier molecular flexibility index (Phi) is 7.43. The Hall–Kier alpha value is -1.62. The number of nitrogens with one attached hydrogen (secondary N) is 1. The molecule has 1 aromatic rings. The van der Waals surface area contributed by atoms with Crippen LogP contribution in [0.5, 0.6) is 0 Å². The normalized spacial score (nSPS) is 21.8. The van der Waals surface area contributed by atoms with Crippen LogP contribution >= 0.6 is 0 Å². The molecule has 2 fully saturated rings. The van der Waals surface area contributed by atoms with E-state index in [1.807, 2.05) is 12.1 Å². The first-order chi connectivity index (χ1) is 14.3. The Morgan fingerprint density at radius 2 is 2.03 bits per heavy atom. The lowest BCUT2D eigenvalue weighted by atomic mass is 9.93. The fourth-order valence-electron chi connectivity index (χ4n) is 4.24. The zero-order valence-electron chi connectivity index (χ0n) is 17.2. The molecule has 2 aliphatic rings. The van der Waals surface area contributed by atoms with Gasteiger partial charge in [0.25, 0.3) is 5.91 Å². The SMILES string of the molecule is CC(F)CCc1ccc(C2CCN(S(=O)(=O)C3(C(=O)NO)CCOCC3)CC2)nc1. The Bertz CT molecular complexity index is 817. The van der Waals surface area contributed by atoms with Crippen LogP contribution in [0.15, 0.2) is 18.3 Å². The Morgan fingerprint density at radius 3 is 2.57 bits per heavy atom. The molecule has 1 unspecified atom stereocenters. The van der Waals surface area contributed by atoms with Gasteiger partial charge in [0, 0.05) is 57.0 Å². The van der Waals surface area contributed by atoms with Gasteiger partial charge in [-0.3, -0.25) is 15.0 Å². The van der Waals surface area contributed by atoms with Gasteiger partial charge in [-0.05, 0) is 44.2 Å². The molecule has 1 atom stereocenters. The van der Waals surface area contributed by atoms with E-state index in [-0.39, 0.29) is 45.1 Å². The van der Waals surface area contributed by atoms with E-state index in [2.05, 4.69) is 4.98 Å². The standard InChI is InChI=1S/C20H30FN3O5S/c1-15(21)2-3-16-4-5-18(22-14-16)17-6-10-24(11-7-17)30(27,28)20(19(25)23-26)8-12-29-13-9-20/h4-5,14-15,17,26H,2-3,6-13H2,1H3,(H,23,25). The number of halogens is 1.